The summed E-state index contributed by atoms with van der Waals surface area (Å²) in [6.07, 6.45) is 5.46. The van der Waals surface area contributed by atoms with Crippen molar-refractivity contribution < 1.29 is 19.8 Å². The summed E-state index contributed by atoms with van der Waals surface area (Å²) in [6.45, 7) is 3.53. The molecule has 0 amide bonds. The number of aromatic nitrogens is 1. The molecule has 8 heteroatoms. The number of likely N-dealkylation sites (tertiary alicyclic amines) is 1. The lowest BCUT2D eigenvalue weighted by Gasteiger charge is -2.45. The minimum Gasteiger partial charge on any atom is -0.481 e. The van der Waals surface area contributed by atoms with Gasteiger partial charge in [0.1, 0.15) is 0 Å². The predicted octanol–water partition coefficient (Wildman–Crippen LogP) is 4.93. The number of hydrogen-bond acceptors (Lipinski definition) is 5. The molecule has 4 rings (SSSR count). The molecule has 0 bridgehead atoms. The highest BCUT2D eigenvalue weighted by atomic mass is 32.2. The van der Waals surface area contributed by atoms with Crippen LogP contribution in [-0.4, -0.2) is 69.4 Å². The third-order valence-electron chi connectivity index (χ3n) is 6.30. The number of rotatable bonds is 8. The summed E-state index contributed by atoms with van der Waals surface area (Å²) in [5.74, 6) is 1.88. The molecule has 1 aliphatic carbocycles. The number of piperidine rings is 1. The summed E-state index contributed by atoms with van der Waals surface area (Å²) >= 11 is 4.02. The lowest BCUT2D eigenvalue weighted by atomic mass is 9.73. The lowest BCUT2D eigenvalue weighted by Crippen LogP contribution is -2.48. The first-order valence-corrected chi connectivity index (χ1v) is 13.6. The Hall–Kier alpha value is -1.64. The Kier molecular flexibility index (Phi) is 8.96. The highest BCUT2D eigenvalue weighted by Gasteiger charge is 2.40. The van der Waals surface area contributed by atoms with Crippen molar-refractivity contribution in [1.82, 2.24) is 9.88 Å². The van der Waals surface area contributed by atoms with E-state index in [2.05, 4.69) is 48.3 Å². The Bertz CT molecular complexity index is 931. The van der Waals surface area contributed by atoms with E-state index < -0.39 is 11.9 Å². The molecule has 1 aliphatic heterocycles. The molecule has 0 radical (unpaired) electrons. The molecule has 1 aromatic carbocycles. The van der Waals surface area contributed by atoms with Crippen LogP contribution in [0.25, 0.3) is 10.9 Å². The summed E-state index contributed by atoms with van der Waals surface area (Å²) in [6, 6.07) is 7.61. The van der Waals surface area contributed by atoms with Crippen molar-refractivity contribution in [2.75, 3.05) is 31.4 Å². The van der Waals surface area contributed by atoms with Gasteiger partial charge in [-0.05, 0) is 67.2 Å². The van der Waals surface area contributed by atoms with Gasteiger partial charge in [-0.25, -0.2) is 0 Å². The Morgan fingerprint density at radius 1 is 1.22 bits per heavy atom. The highest BCUT2D eigenvalue weighted by Crippen LogP contribution is 2.47. The van der Waals surface area contributed by atoms with E-state index in [1.54, 1.807) is 16.5 Å². The van der Waals surface area contributed by atoms with Gasteiger partial charge in [0.2, 0.25) is 0 Å². The number of nitrogens with one attached hydrogen (secondary N) is 1. The van der Waals surface area contributed by atoms with Gasteiger partial charge in [0, 0.05) is 29.4 Å². The monoisotopic (exact) mass is 478 g/mol. The minimum atomic E-state index is -1.08. The molecule has 2 aromatic rings. The number of likely N-dealkylation sites (N-methyl/N-ethyl adjacent to an activating group) is 1. The van der Waals surface area contributed by atoms with E-state index in [0.29, 0.717) is 12.0 Å². The van der Waals surface area contributed by atoms with Gasteiger partial charge in [-0.1, -0.05) is 19.1 Å². The number of H-pyrrole nitrogens is 1. The van der Waals surface area contributed by atoms with Crippen LogP contribution in [0.15, 0.2) is 23.2 Å². The first-order valence-electron chi connectivity index (χ1n) is 11.2. The van der Waals surface area contributed by atoms with Crippen LogP contribution in [0.3, 0.4) is 0 Å². The zero-order valence-electron chi connectivity index (χ0n) is 19.1. The Morgan fingerprint density at radius 2 is 1.94 bits per heavy atom. The van der Waals surface area contributed by atoms with Crippen molar-refractivity contribution in [3.8, 4) is 0 Å². The summed E-state index contributed by atoms with van der Waals surface area (Å²) in [7, 11) is 2.35. The molecule has 6 nitrogen and oxygen atoms in total. The Balaban J connectivity index is 0.000000312. The maximum atomic E-state index is 9.64. The summed E-state index contributed by atoms with van der Waals surface area (Å²) in [5.41, 5.74) is 4.56. The van der Waals surface area contributed by atoms with Gasteiger partial charge in [-0.15, -0.1) is 11.8 Å². The number of aromatic amines is 1. The van der Waals surface area contributed by atoms with Crippen molar-refractivity contribution >= 4 is 46.4 Å². The molecule has 1 saturated heterocycles. The average molecular weight is 479 g/mol. The zero-order valence-corrected chi connectivity index (χ0v) is 20.7. The largest absolute Gasteiger partial charge is 0.481 e. The fourth-order valence-electron chi connectivity index (χ4n) is 5.01. The van der Waals surface area contributed by atoms with E-state index in [1.165, 1.54) is 47.9 Å². The number of benzene rings is 1. The first-order chi connectivity index (χ1) is 15.3. The van der Waals surface area contributed by atoms with Crippen molar-refractivity contribution in [1.29, 1.82) is 0 Å². The molecule has 3 N–H and O–H groups in total. The number of carbonyl (C=O) groups is 2. The van der Waals surface area contributed by atoms with E-state index in [0.717, 1.165) is 5.92 Å². The van der Waals surface area contributed by atoms with Crippen LogP contribution in [0.4, 0.5) is 0 Å². The number of hydrogen-bond donors (Lipinski definition) is 3. The number of carboxylic acid groups (broad SMARTS) is 2. The summed E-state index contributed by atoms with van der Waals surface area (Å²) in [4.78, 5) is 25.7. The van der Waals surface area contributed by atoms with Crippen LogP contribution in [0.1, 0.15) is 49.7 Å². The Labute approximate surface area is 198 Å². The second kappa shape index (κ2) is 11.5. The van der Waals surface area contributed by atoms with E-state index in [4.69, 9.17) is 10.2 Å². The lowest BCUT2D eigenvalue weighted by molar-refractivity contribution is -0.143. The molecule has 0 spiro atoms. The molecule has 1 fully saturated rings. The predicted molar refractivity (Wildman–Crippen MR) is 133 cm³/mol. The van der Waals surface area contributed by atoms with Crippen molar-refractivity contribution in [3.05, 3.63) is 29.3 Å². The quantitative estimate of drug-likeness (QED) is 0.463. The van der Waals surface area contributed by atoms with E-state index in [-0.39, 0.29) is 12.8 Å². The number of nitrogens with zero attached hydrogens (tertiary/aromatic N) is 1. The minimum absolute atomic E-state index is 0.296. The molecular weight excluding hydrogens is 444 g/mol. The Morgan fingerprint density at radius 3 is 2.56 bits per heavy atom. The van der Waals surface area contributed by atoms with Crippen LogP contribution < -0.4 is 0 Å². The van der Waals surface area contributed by atoms with Gasteiger partial charge < -0.3 is 20.1 Å². The van der Waals surface area contributed by atoms with E-state index >= 15 is 0 Å². The molecule has 176 valence electrons. The third kappa shape index (κ3) is 5.83. The second-order valence-electron chi connectivity index (χ2n) is 8.71. The van der Waals surface area contributed by atoms with Gasteiger partial charge in [0.15, 0.2) is 0 Å². The van der Waals surface area contributed by atoms with Crippen LogP contribution in [0.2, 0.25) is 0 Å². The van der Waals surface area contributed by atoms with Crippen molar-refractivity contribution in [3.63, 3.8) is 0 Å². The van der Waals surface area contributed by atoms with Gasteiger partial charge in [-0.3, -0.25) is 9.59 Å². The van der Waals surface area contributed by atoms with Crippen LogP contribution >= 0.6 is 23.5 Å². The van der Waals surface area contributed by atoms with Crippen LogP contribution in [-0.2, 0) is 16.0 Å². The number of carboxylic acids is 2. The topological polar surface area (TPSA) is 93.6 Å². The molecule has 32 heavy (non-hydrogen) atoms. The maximum absolute atomic E-state index is 9.64. The number of aliphatic carboxylic acids is 2. The van der Waals surface area contributed by atoms with Crippen LogP contribution in [0, 0.1) is 5.92 Å². The van der Waals surface area contributed by atoms with Crippen molar-refractivity contribution in [2.45, 2.75) is 56.0 Å². The SMILES string of the molecule is CCCSc1[nH]c2cccc3c2c1C[C@@H]1C3C[C@@H](CSC)CN1C.O=C(O)CCC(=O)O. The van der Waals surface area contributed by atoms with Gasteiger partial charge in [-0.2, -0.15) is 11.8 Å². The maximum Gasteiger partial charge on any atom is 0.303 e. The normalized spacial score (nSPS) is 22.2. The molecular formula is C24H34N2O4S2. The fraction of sp³-hybridized carbons (Fsp3) is 0.583. The third-order valence-corrected chi connectivity index (χ3v) is 8.36. The molecule has 3 atom stereocenters. The number of thioether (sulfide) groups is 2. The molecule has 1 aromatic heterocycles. The van der Waals surface area contributed by atoms with Gasteiger partial charge in [0.05, 0.1) is 17.9 Å². The van der Waals surface area contributed by atoms with E-state index in [1.807, 2.05) is 23.5 Å². The van der Waals surface area contributed by atoms with E-state index in [9.17, 15) is 9.59 Å². The highest BCUT2D eigenvalue weighted by molar-refractivity contribution is 7.99. The molecule has 2 aliphatic rings. The smallest absolute Gasteiger partial charge is 0.303 e. The summed E-state index contributed by atoms with van der Waals surface area (Å²) < 4.78 is 0. The summed E-state index contributed by atoms with van der Waals surface area (Å²) in [5, 5.41) is 18.8. The van der Waals surface area contributed by atoms with Gasteiger partial charge >= 0.3 is 11.9 Å². The zero-order chi connectivity index (χ0) is 23.3. The average Bonchev–Trinajstić information content (AvgIpc) is 3.11. The number of fused-ring (bicyclic) bond motifs is 2. The second-order valence-corrected chi connectivity index (χ2v) is 10.7. The van der Waals surface area contributed by atoms with Gasteiger partial charge in [0.25, 0.3) is 0 Å². The van der Waals surface area contributed by atoms with Crippen LogP contribution in [0.5, 0.6) is 0 Å². The first kappa shape index (κ1) is 25.0. The fourth-order valence-corrected chi connectivity index (χ4v) is 6.67. The van der Waals surface area contributed by atoms with Crippen molar-refractivity contribution in [2.24, 2.45) is 5.92 Å². The molecule has 2 heterocycles. The molecule has 0 saturated carbocycles. The molecule has 1 unspecified atom stereocenters. The standard InChI is InChI=1S/C20H28N2S2.C4H6O4/c1-4-8-24-20-16-10-18-15(9-13(12-23-3)11-22(18)2)14-6-5-7-17(21-20)19(14)16;5-3(6)1-2-4(7)8/h5-7,13,15,18,21H,4,8-12H2,1-3H3;1-2H2,(H,5,6)(H,7,8)/t13-,15?,18-;/m1./s1.